The number of terminal acetylenes is 1. The van der Waals surface area contributed by atoms with Crippen molar-refractivity contribution in [3.8, 4) is 12.3 Å². The molecule has 0 bridgehead atoms. The first kappa shape index (κ1) is 21.3. The van der Waals surface area contributed by atoms with Crippen molar-refractivity contribution in [2.45, 2.75) is 20.0 Å². The molecule has 0 saturated heterocycles. The minimum Gasteiger partial charge on any atom is -0.356 e. The number of fused-ring (bicyclic) bond motifs is 1. The van der Waals surface area contributed by atoms with Gasteiger partial charge in [0.1, 0.15) is 10.8 Å². The summed E-state index contributed by atoms with van der Waals surface area (Å²) in [6, 6.07) is 12.9. The SMILES string of the molecule is C#CCN(Cc1ccc2nc(C)[nH]c(=O)c2c1)c1ccc(C(=O)NCc2nccs2)cc1. The number of carbonyl (C=O) groups excluding carboxylic acids is 1. The van der Waals surface area contributed by atoms with Crippen LogP contribution >= 0.6 is 11.3 Å². The Bertz CT molecular complexity index is 1340. The summed E-state index contributed by atoms with van der Waals surface area (Å²) in [6.45, 7) is 3.06. The number of nitrogens with zero attached hydrogens (tertiary/aromatic N) is 3. The molecule has 2 heterocycles. The molecule has 160 valence electrons. The number of hydrogen-bond donors (Lipinski definition) is 2. The highest BCUT2D eigenvalue weighted by atomic mass is 32.1. The first-order valence-corrected chi connectivity index (χ1v) is 10.9. The van der Waals surface area contributed by atoms with E-state index >= 15 is 0 Å². The molecule has 32 heavy (non-hydrogen) atoms. The van der Waals surface area contributed by atoms with E-state index in [1.54, 1.807) is 25.3 Å². The Kier molecular flexibility index (Phi) is 6.29. The number of anilines is 1. The Morgan fingerprint density at radius 3 is 2.78 bits per heavy atom. The normalized spacial score (nSPS) is 10.6. The minimum absolute atomic E-state index is 0.160. The summed E-state index contributed by atoms with van der Waals surface area (Å²) in [5.41, 5.74) is 2.88. The van der Waals surface area contributed by atoms with Gasteiger partial charge in [-0.1, -0.05) is 12.0 Å². The van der Waals surface area contributed by atoms with Gasteiger partial charge in [0, 0.05) is 29.4 Å². The number of aromatic nitrogens is 3. The van der Waals surface area contributed by atoms with E-state index in [0.717, 1.165) is 16.3 Å². The van der Waals surface area contributed by atoms with Crippen LogP contribution in [0.15, 0.2) is 58.8 Å². The summed E-state index contributed by atoms with van der Waals surface area (Å²) in [7, 11) is 0. The van der Waals surface area contributed by atoms with E-state index in [2.05, 4.69) is 26.2 Å². The van der Waals surface area contributed by atoms with E-state index in [-0.39, 0.29) is 11.5 Å². The van der Waals surface area contributed by atoms with E-state index in [0.29, 0.717) is 41.9 Å². The number of carbonyl (C=O) groups is 1. The van der Waals surface area contributed by atoms with Crippen molar-refractivity contribution >= 4 is 33.8 Å². The van der Waals surface area contributed by atoms with Crippen molar-refractivity contribution in [3.05, 3.63) is 86.4 Å². The lowest BCUT2D eigenvalue weighted by Gasteiger charge is -2.23. The Balaban J connectivity index is 1.50. The molecule has 4 rings (SSSR count). The van der Waals surface area contributed by atoms with Gasteiger partial charge < -0.3 is 15.2 Å². The van der Waals surface area contributed by atoms with Crippen molar-refractivity contribution in [1.82, 2.24) is 20.3 Å². The molecule has 0 fully saturated rings. The fourth-order valence-electron chi connectivity index (χ4n) is 3.39. The first-order chi connectivity index (χ1) is 15.5. The zero-order valence-electron chi connectivity index (χ0n) is 17.5. The number of aryl methyl sites for hydroxylation is 1. The van der Waals surface area contributed by atoms with Gasteiger partial charge in [0.2, 0.25) is 0 Å². The van der Waals surface area contributed by atoms with Gasteiger partial charge >= 0.3 is 0 Å². The summed E-state index contributed by atoms with van der Waals surface area (Å²) < 4.78 is 0. The maximum absolute atomic E-state index is 12.4. The maximum Gasteiger partial charge on any atom is 0.258 e. The molecular formula is C24H21N5O2S. The number of thiazole rings is 1. The largest absolute Gasteiger partial charge is 0.356 e. The predicted octanol–water partition coefficient (Wildman–Crippen LogP) is 3.26. The standard InChI is InChI=1S/C24H21N5O2S/c1-3-11-29(15-17-4-9-21-20(13-17)24(31)28-16(2)27-21)19-7-5-18(6-8-19)23(30)26-14-22-25-10-12-32-22/h1,4-10,12-13H,11,14-15H2,2H3,(H,26,30)(H,27,28,31). The Hall–Kier alpha value is -3.96. The van der Waals surface area contributed by atoms with Crippen molar-refractivity contribution in [3.63, 3.8) is 0 Å². The summed E-state index contributed by atoms with van der Waals surface area (Å²) in [6.07, 6.45) is 7.30. The monoisotopic (exact) mass is 443 g/mol. The van der Waals surface area contributed by atoms with Crippen LogP contribution in [0.2, 0.25) is 0 Å². The number of amides is 1. The maximum atomic E-state index is 12.4. The van der Waals surface area contributed by atoms with Crippen LogP contribution in [-0.4, -0.2) is 27.4 Å². The second-order valence-electron chi connectivity index (χ2n) is 7.22. The van der Waals surface area contributed by atoms with Crippen molar-refractivity contribution in [1.29, 1.82) is 0 Å². The zero-order valence-corrected chi connectivity index (χ0v) is 18.3. The molecule has 7 nitrogen and oxygen atoms in total. The van der Waals surface area contributed by atoms with E-state index in [1.807, 2.05) is 40.6 Å². The molecule has 1 amide bonds. The summed E-state index contributed by atoms with van der Waals surface area (Å²) >= 11 is 1.50. The average molecular weight is 444 g/mol. The topological polar surface area (TPSA) is 91.0 Å². The molecule has 4 aromatic rings. The molecule has 0 spiro atoms. The fraction of sp³-hybridized carbons (Fsp3) is 0.167. The highest BCUT2D eigenvalue weighted by Gasteiger charge is 2.11. The van der Waals surface area contributed by atoms with Crippen LogP contribution in [0.1, 0.15) is 26.8 Å². The number of rotatable bonds is 7. The predicted molar refractivity (Wildman–Crippen MR) is 127 cm³/mol. The molecule has 2 aromatic heterocycles. The van der Waals surface area contributed by atoms with Crippen molar-refractivity contribution in [2.75, 3.05) is 11.4 Å². The van der Waals surface area contributed by atoms with Crippen LogP contribution in [0.5, 0.6) is 0 Å². The van der Waals surface area contributed by atoms with Crippen LogP contribution in [0, 0.1) is 19.3 Å². The number of hydrogen-bond acceptors (Lipinski definition) is 6. The molecule has 0 aliphatic carbocycles. The third-order valence-corrected chi connectivity index (χ3v) is 5.70. The van der Waals surface area contributed by atoms with Gasteiger partial charge in [-0.2, -0.15) is 0 Å². The van der Waals surface area contributed by atoms with Crippen LogP contribution in [0.4, 0.5) is 5.69 Å². The van der Waals surface area contributed by atoms with E-state index < -0.39 is 0 Å². The molecule has 0 radical (unpaired) electrons. The van der Waals surface area contributed by atoms with Crippen LogP contribution in [0.3, 0.4) is 0 Å². The Morgan fingerprint density at radius 2 is 2.06 bits per heavy atom. The molecular weight excluding hydrogens is 422 g/mol. The summed E-state index contributed by atoms with van der Waals surface area (Å²) in [4.78, 5) is 37.9. The summed E-state index contributed by atoms with van der Waals surface area (Å²) in [5.74, 6) is 3.10. The van der Waals surface area contributed by atoms with Gasteiger partial charge in [0.25, 0.3) is 11.5 Å². The van der Waals surface area contributed by atoms with Gasteiger partial charge in [0.05, 0.1) is 24.0 Å². The molecule has 0 aliphatic heterocycles. The van der Waals surface area contributed by atoms with Crippen molar-refractivity contribution in [2.24, 2.45) is 0 Å². The highest BCUT2D eigenvalue weighted by molar-refractivity contribution is 7.09. The van der Waals surface area contributed by atoms with Gasteiger partial charge in [-0.25, -0.2) is 9.97 Å². The second-order valence-corrected chi connectivity index (χ2v) is 8.20. The minimum atomic E-state index is -0.161. The summed E-state index contributed by atoms with van der Waals surface area (Å²) in [5, 5.41) is 6.14. The lowest BCUT2D eigenvalue weighted by molar-refractivity contribution is 0.0951. The molecule has 8 heteroatoms. The molecule has 0 unspecified atom stereocenters. The fourth-order valence-corrected chi connectivity index (χ4v) is 3.95. The smallest absolute Gasteiger partial charge is 0.258 e. The van der Waals surface area contributed by atoms with Crippen LogP contribution < -0.4 is 15.8 Å². The third kappa shape index (κ3) is 4.85. The molecule has 0 aliphatic rings. The van der Waals surface area contributed by atoms with Crippen LogP contribution in [0.25, 0.3) is 10.9 Å². The zero-order chi connectivity index (χ0) is 22.5. The molecule has 0 saturated carbocycles. The highest BCUT2D eigenvalue weighted by Crippen LogP contribution is 2.20. The lowest BCUT2D eigenvalue weighted by atomic mass is 10.1. The van der Waals surface area contributed by atoms with Gasteiger partial charge in [0.15, 0.2) is 0 Å². The van der Waals surface area contributed by atoms with Gasteiger partial charge in [-0.3, -0.25) is 9.59 Å². The van der Waals surface area contributed by atoms with E-state index in [1.165, 1.54) is 11.3 Å². The molecule has 2 aromatic carbocycles. The van der Waals surface area contributed by atoms with Gasteiger partial charge in [-0.15, -0.1) is 17.8 Å². The number of H-pyrrole nitrogens is 1. The Labute approximate surface area is 189 Å². The number of aromatic amines is 1. The third-order valence-electron chi connectivity index (χ3n) is 4.92. The number of nitrogens with one attached hydrogen (secondary N) is 2. The second kappa shape index (κ2) is 9.45. The lowest BCUT2D eigenvalue weighted by Crippen LogP contribution is -2.24. The Morgan fingerprint density at radius 1 is 1.25 bits per heavy atom. The van der Waals surface area contributed by atoms with E-state index in [4.69, 9.17) is 6.42 Å². The molecule has 2 N–H and O–H groups in total. The number of benzene rings is 2. The van der Waals surface area contributed by atoms with Crippen molar-refractivity contribution < 1.29 is 4.79 Å². The molecule has 0 atom stereocenters. The average Bonchev–Trinajstić information content (AvgIpc) is 3.31. The quantitative estimate of drug-likeness (QED) is 0.428. The van der Waals surface area contributed by atoms with Gasteiger partial charge in [-0.05, 0) is 48.9 Å². The van der Waals surface area contributed by atoms with E-state index in [9.17, 15) is 9.59 Å². The first-order valence-electron chi connectivity index (χ1n) is 9.98. The van der Waals surface area contributed by atoms with Crippen LogP contribution in [-0.2, 0) is 13.1 Å².